The fourth-order valence-corrected chi connectivity index (χ4v) is 1.55. The van der Waals surface area contributed by atoms with Crippen LogP contribution in [0.5, 0.6) is 0 Å². The minimum absolute atomic E-state index is 0.700. The highest BCUT2D eigenvalue weighted by Crippen LogP contribution is 2.23. The van der Waals surface area contributed by atoms with Crippen LogP contribution < -0.4 is 5.73 Å². The fourth-order valence-electron chi connectivity index (χ4n) is 1.19. The number of aromatic nitrogens is 2. The standard InChI is InChI=1S/C8H8BrN3/c1-12-8(10)6-4-5(9)2-3-7(6)11-12/h2-4H,10H2,1H3. The summed E-state index contributed by atoms with van der Waals surface area (Å²) in [6, 6.07) is 5.86. The Balaban J connectivity index is 2.88. The third-order valence-corrected chi connectivity index (χ3v) is 2.33. The topological polar surface area (TPSA) is 43.8 Å². The monoisotopic (exact) mass is 225 g/mol. The molecule has 0 radical (unpaired) electrons. The summed E-state index contributed by atoms with van der Waals surface area (Å²) in [4.78, 5) is 0. The van der Waals surface area contributed by atoms with Crippen LogP contribution >= 0.6 is 15.9 Å². The Hall–Kier alpha value is -1.03. The van der Waals surface area contributed by atoms with E-state index in [1.807, 2.05) is 25.2 Å². The fraction of sp³-hybridized carbons (Fsp3) is 0.125. The van der Waals surface area contributed by atoms with Gasteiger partial charge in [-0.05, 0) is 18.2 Å². The molecule has 0 amide bonds. The Morgan fingerprint density at radius 2 is 2.25 bits per heavy atom. The molecule has 12 heavy (non-hydrogen) atoms. The molecule has 1 aromatic carbocycles. The van der Waals surface area contributed by atoms with Crippen LogP contribution in [0.3, 0.4) is 0 Å². The summed E-state index contributed by atoms with van der Waals surface area (Å²) in [6.07, 6.45) is 0. The van der Waals surface area contributed by atoms with Crippen molar-refractivity contribution in [2.24, 2.45) is 7.05 Å². The van der Waals surface area contributed by atoms with Crippen LogP contribution in [0.25, 0.3) is 10.9 Å². The van der Waals surface area contributed by atoms with Crippen LogP contribution in [-0.2, 0) is 7.05 Å². The molecular weight excluding hydrogens is 218 g/mol. The van der Waals surface area contributed by atoms with Gasteiger partial charge in [-0.1, -0.05) is 15.9 Å². The van der Waals surface area contributed by atoms with Gasteiger partial charge in [0.05, 0.1) is 5.52 Å². The van der Waals surface area contributed by atoms with Crippen LogP contribution in [0.2, 0.25) is 0 Å². The van der Waals surface area contributed by atoms with Crippen molar-refractivity contribution < 1.29 is 0 Å². The number of hydrogen-bond acceptors (Lipinski definition) is 2. The largest absolute Gasteiger partial charge is 0.383 e. The number of rotatable bonds is 0. The van der Waals surface area contributed by atoms with Gasteiger partial charge in [-0.15, -0.1) is 0 Å². The Morgan fingerprint density at radius 3 is 3.00 bits per heavy atom. The third kappa shape index (κ3) is 0.992. The normalized spacial score (nSPS) is 10.8. The first-order valence-electron chi connectivity index (χ1n) is 3.56. The molecule has 2 N–H and O–H groups in total. The number of aryl methyl sites for hydroxylation is 1. The van der Waals surface area contributed by atoms with Crippen molar-refractivity contribution in [3.63, 3.8) is 0 Å². The average Bonchev–Trinajstić information content (AvgIpc) is 2.31. The van der Waals surface area contributed by atoms with E-state index >= 15 is 0 Å². The summed E-state index contributed by atoms with van der Waals surface area (Å²) in [5.74, 6) is 0.700. The lowest BCUT2D eigenvalue weighted by Crippen LogP contribution is -1.96. The summed E-state index contributed by atoms with van der Waals surface area (Å²) in [5, 5.41) is 5.22. The Kier molecular flexibility index (Phi) is 1.58. The summed E-state index contributed by atoms with van der Waals surface area (Å²) >= 11 is 3.38. The maximum atomic E-state index is 5.79. The smallest absolute Gasteiger partial charge is 0.129 e. The molecule has 0 fully saturated rings. The second-order valence-corrected chi connectivity index (χ2v) is 3.59. The molecule has 2 aromatic rings. The molecule has 0 saturated carbocycles. The lowest BCUT2D eigenvalue weighted by atomic mass is 10.2. The van der Waals surface area contributed by atoms with Gasteiger partial charge in [0.1, 0.15) is 5.82 Å². The third-order valence-electron chi connectivity index (χ3n) is 1.84. The van der Waals surface area contributed by atoms with E-state index in [-0.39, 0.29) is 0 Å². The zero-order valence-electron chi connectivity index (χ0n) is 6.58. The summed E-state index contributed by atoms with van der Waals surface area (Å²) in [5.41, 5.74) is 6.72. The molecule has 0 spiro atoms. The number of nitrogens with zero attached hydrogens (tertiary/aromatic N) is 2. The number of benzene rings is 1. The van der Waals surface area contributed by atoms with Gasteiger partial charge in [0, 0.05) is 16.9 Å². The summed E-state index contributed by atoms with van der Waals surface area (Å²) in [6.45, 7) is 0. The van der Waals surface area contributed by atoms with Gasteiger partial charge in [0.15, 0.2) is 0 Å². The molecule has 0 aliphatic heterocycles. The van der Waals surface area contributed by atoms with Crippen molar-refractivity contribution in [2.75, 3.05) is 5.73 Å². The molecule has 4 heteroatoms. The molecule has 1 heterocycles. The molecule has 0 unspecified atom stereocenters. The molecule has 1 aromatic heterocycles. The van der Waals surface area contributed by atoms with E-state index in [9.17, 15) is 0 Å². The van der Waals surface area contributed by atoms with E-state index in [1.165, 1.54) is 0 Å². The predicted octanol–water partition coefficient (Wildman–Crippen LogP) is 1.92. The van der Waals surface area contributed by atoms with E-state index in [4.69, 9.17) is 5.73 Å². The SMILES string of the molecule is Cn1nc2ccc(Br)cc2c1N. The first-order chi connectivity index (χ1) is 5.68. The highest BCUT2D eigenvalue weighted by Gasteiger charge is 2.04. The molecule has 0 saturated heterocycles. The van der Waals surface area contributed by atoms with E-state index in [2.05, 4.69) is 21.0 Å². The van der Waals surface area contributed by atoms with Gasteiger partial charge < -0.3 is 5.73 Å². The molecule has 0 bridgehead atoms. The van der Waals surface area contributed by atoms with Gasteiger partial charge >= 0.3 is 0 Å². The summed E-state index contributed by atoms with van der Waals surface area (Å²) < 4.78 is 2.70. The second kappa shape index (κ2) is 2.48. The maximum Gasteiger partial charge on any atom is 0.129 e. The highest BCUT2D eigenvalue weighted by atomic mass is 79.9. The molecule has 0 atom stereocenters. The van der Waals surface area contributed by atoms with Crippen LogP contribution in [0, 0.1) is 0 Å². The van der Waals surface area contributed by atoms with Gasteiger partial charge in [-0.3, -0.25) is 4.68 Å². The van der Waals surface area contributed by atoms with E-state index in [0.29, 0.717) is 5.82 Å². The van der Waals surface area contributed by atoms with Gasteiger partial charge in [-0.2, -0.15) is 5.10 Å². The maximum absolute atomic E-state index is 5.79. The van der Waals surface area contributed by atoms with Crippen LogP contribution in [0.1, 0.15) is 0 Å². The molecule has 2 rings (SSSR count). The predicted molar refractivity (Wildman–Crippen MR) is 52.8 cm³/mol. The zero-order valence-corrected chi connectivity index (χ0v) is 8.17. The Morgan fingerprint density at radius 1 is 1.50 bits per heavy atom. The van der Waals surface area contributed by atoms with E-state index in [1.54, 1.807) is 4.68 Å². The lowest BCUT2D eigenvalue weighted by molar-refractivity contribution is 0.791. The van der Waals surface area contributed by atoms with E-state index in [0.717, 1.165) is 15.4 Å². The van der Waals surface area contributed by atoms with Crippen molar-refractivity contribution >= 4 is 32.7 Å². The summed E-state index contributed by atoms with van der Waals surface area (Å²) in [7, 11) is 1.84. The van der Waals surface area contributed by atoms with Crippen molar-refractivity contribution in [2.45, 2.75) is 0 Å². The molecule has 62 valence electrons. The zero-order chi connectivity index (χ0) is 8.72. The quantitative estimate of drug-likeness (QED) is 0.745. The van der Waals surface area contributed by atoms with Gasteiger partial charge in [0.2, 0.25) is 0 Å². The van der Waals surface area contributed by atoms with Crippen LogP contribution in [0.4, 0.5) is 5.82 Å². The van der Waals surface area contributed by atoms with Crippen molar-refractivity contribution in [3.05, 3.63) is 22.7 Å². The first-order valence-corrected chi connectivity index (χ1v) is 4.35. The second-order valence-electron chi connectivity index (χ2n) is 2.67. The lowest BCUT2D eigenvalue weighted by Gasteiger charge is -1.92. The first kappa shape index (κ1) is 7.61. The van der Waals surface area contributed by atoms with E-state index < -0.39 is 0 Å². The molecule has 3 nitrogen and oxygen atoms in total. The number of hydrogen-bond donors (Lipinski definition) is 1. The van der Waals surface area contributed by atoms with Gasteiger partial charge in [-0.25, -0.2) is 0 Å². The van der Waals surface area contributed by atoms with Crippen molar-refractivity contribution in [1.82, 2.24) is 9.78 Å². The van der Waals surface area contributed by atoms with Crippen LogP contribution in [0.15, 0.2) is 22.7 Å². The Bertz CT molecular complexity index is 433. The van der Waals surface area contributed by atoms with Crippen molar-refractivity contribution in [3.8, 4) is 0 Å². The molecule has 0 aliphatic carbocycles. The van der Waals surface area contributed by atoms with Gasteiger partial charge in [0.25, 0.3) is 0 Å². The van der Waals surface area contributed by atoms with Crippen LogP contribution in [-0.4, -0.2) is 9.78 Å². The molecule has 0 aliphatic rings. The number of nitrogen functional groups attached to an aromatic ring is 1. The number of anilines is 1. The average molecular weight is 226 g/mol. The highest BCUT2D eigenvalue weighted by molar-refractivity contribution is 9.10. The molecular formula is C8H8BrN3. The minimum Gasteiger partial charge on any atom is -0.383 e. The van der Waals surface area contributed by atoms with Crippen molar-refractivity contribution in [1.29, 1.82) is 0 Å². The number of nitrogens with two attached hydrogens (primary N) is 1. The number of fused-ring (bicyclic) bond motifs is 1. The number of halogens is 1. The minimum atomic E-state index is 0.700. The Labute approximate surface area is 78.3 Å².